The molecule has 130 valence electrons. The first-order chi connectivity index (χ1) is 12.5. The third-order valence-electron chi connectivity index (χ3n) is 4.21. The molecular weight excluding hydrogens is 328 g/mol. The smallest absolute Gasteiger partial charge is 0.269 e. The van der Waals surface area contributed by atoms with E-state index in [-0.39, 0.29) is 11.5 Å². The Balaban J connectivity index is 1.75. The number of allylic oxidation sites excluding steroid dienone is 1. The third kappa shape index (κ3) is 3.62. The number of hydrogen-bond donors (Lipinski definition) is 0. The van der Waals surface area contributed by atoms with Crippen LogP contribution in [0.2, 0.25) is 0 Å². The summed E-state index contributed by atoms with van der Waals surface area (Å²) in [5.74, 6) is -0.115. The standard InChI is InChI=1S/C21H18N2O3/c1-15-3-4-16(2)22(15)19-12-8-18(9-13-19)21(24)14-7-17-5-10-20(11-6-17)23(25)26/h3-14H,1-2H3. The molecule has 0 unspecified atom stereocenters. The van der Waals surface area contributed by atoms with E-state index in [2.05, 4.69) is 16.7 Å². The van der Waals surface area contributed by atoms with Crippen molar-refractivity contribution in [3.05, 3.63) is 99.4 Å². The van der Waals surface area contributed by atoms with Gasteiger partial charge in [-0.25, -0.2) is 0 Å². The van der Waals surface area contributed by atoms with Gasteiger partial charge >= 0.3 is 0 Å². The highest BCUT2D eigenvalue weighted by atomic mass is 16.6. The Kier molecular flexibility index (Phi) is 4.80. The van der Waals surface area contributed by atoms with Crippen molar-refractivity contribution in [2.24, 2.45) is 0 Å². The number of nitrogens with zero attached hydrogens (tertiary/aromatic N) is 2. The van der Waals surface area contributed by atoms with E-state index in [1.807, 2.05) is 26.0 Å². The molecule has 1 aromatic heterocycles. The molecule has 0 fully saturated rings. The quantitative estimate of drug-likeness (QED) is 0.286. The Morgan fingerprint density at radius 1 is 0.923 bits per heavy atom. The molecule has 0 bridgehead atoms. The summed E-state index contributed by atoms with van der Waals surface area (Å²) in [6, 6.07) is 17.6. The second kappa shape index (κ2) is 7.19. The van der Waals surface area contributed by atoms with Gasteiger partial charge in [0.25, 0.3) is 5.69 Å². The lowest BCUT2D eigenvalue weighted by Gasteiger charge is -2.09. The van der Waals surface area contributed by atoms with Gasteiger partial charge in [-0.15, -0.1) is 0 Å². The number of ketones is 1. The number of aryl methyl sites for hydroxylation is 2. The number of nitro benzene ring substituents is 1. The van der Waals surface area contributed by atoms with E-state index in [0.29, 0.717) is 5.56 Å². The number of non-ortho nitro benzene ring substituents is 1. The molecule has 0 aliphatic rings. The van der Waals surface area contributed by atoms with Crippen molar-refractivity contribution < 1.29 is 9.72 Å². The van der Waals surface area contributed by atoms with Gasteiger partial charge in [0, 0.05) is 34.8 Å². The largest absolute Gasteiger partial charge is 0.319 e. The summed E-state index contributed by atoms with van der Waals surface area (Å²) in [5, 5.41) is 10.6. The number of hydrogen-bond acceptors (Lipinski definition) is 3. The monoisotopic (exact) mass is 346 g/mol. The lowest BCUT2D eigenvalue weighted by atomic mass is 10.1. The minimum Gasteiger partial charge on any atom is -0.319 e. The summed E-state index contributed by atoms with van der Waals surface area (Å²) in [6.07, 6.45) is 3.13. The van der Waals surface area contributed by atoms with E-state index in [1.54, 1.807) is 30.3 Å². The first-order valence-corrected chi connectivity index (χ1v) is 8.18. The maximum Gasteiger partial charge on any atom is 0.269 e. The highest BCUT2D eigenvalue weighted by molar-refractivity contribution is 6.06. The number of aromatic nitrogens is 1. The molecule has 0 saturated heterocycles. The van der Waals surface area contributed by atoms with Crippen LogP contribution in [0, 0.1) is 24.0 Å². The van der Waals surface area contributed by atoms with E-state index in [4.69, 9.17) is 0 Å². The predicted octanol–water partition coefficient (Wildman–Crippen LogP) is 4.90. The van der Waals surface area contributed by atoms with Crippen LogP contribution in [0.4, 0.5) is 5.69 Å². The van der Waals surface area contributed by atoms with Crippen LogP contribution in [0.1, 0.15) is 27.3 Å². The molecule has 1 heterocycles. The van der Waals surface area contributed by atoms with Crippen LogP contribution >= 0.6 is 0 Å². The highest BCUT2D eigenvalue weighted by Gasteiger charge is 2.07. The molecule has 5 heteroatoms. The zero-order valence-corrected chi connectivity index (χ0v) is 14.5. The lowest BCUT2D eigenvalue weighted by molar-refractivity contribution is -0.384. The first-order valence-electron chi connectivity index (χ1n) is 8.18. The topological polar surface area (TPSA) is 65.1 Å². The van der Waals surface area contributed by atoms with Crippen LogP contribution < -0.4 is 0 Å². The van der Waals surface area contributed by atoms with Crippen molar-refractivity contribution in [2.75, 3.05) is 0 Å². The molecular formula is C21H18N2O3. The van der Waals surface area contributed by atoms with Crippen LogP contribution in [0.25, 0.3) is 11.8 Å². The summed E-state index contributed by atoms with van der Waals surface area (Å²) in [7, 11) is 0. The summed E-state index contributed by atoms with van der Waals surface area (Å²) < 4.78 is 2.13. The van der Waals surface area contributed by atoms with Gasteiger partial charge in [0.05, 0.1) is 4.92 Å². The van der Waals surface area contributed by atoms with Crippen molar-refractivity contribution in [2.45, 2.75) is 13.8 Å². The Bertz CT molecular complexity index is 962. The molecule has 3 rings (SSSR count). The average molecular weight is 346 g/mol. The van der Waals surface area contributed by atoms with Gasteiger partial charge in [-0.1, -0.05) is 6.08 Å². The Morgan fingerprint density at radius 2 is 1.50 bits per heavy atom. The van der Waals surface area contributed by atoms with Gasteiger partial charge in [-0.3, -0.25) is 14.9 Å². The Labute approximate surface area is 151 Å². The fourth-order valence-electron chi connectivity index (χ4n) is 2.83. The number of rotatable bonds is 5. The molecule has 3 aromatic rings. The normalized spacial score (nSPS) is 11.0. The van der Waals surface area contributed by atoms with Crippen molar-refractivity contribution >= 4 is 17.5 Å². The molecule has 26 heavy (non-hydrogen) atoms. The van der Waals surface area contributed by atoms with E-state index in [1.165, 1.54) is 18.2 Å². The molecule has 0 radical (unpaired) electrons. The minimum atomic E-state index is -0.450. The van der Waals surface area contributed by atoms with Crippen molar-refractivity contribution in [1.29, 1.82) is 0 Å². The first kappa shape index (κ1) is 17.4. The summed E-state index contributed by atoms with van der Waals surface area (Å²) in [4.78, 5) is 22.5. The third-order valence-corrected chi connectivity index (χ3v) is 4.21. The van der Waals surface area contributed by atoms with Crippen molar-refractivity contribution in [1.82, 2.24) is 4.57 Å². The van der Waals surface area contributed by atoms with Gasteiger partial charge in [-0.2, -0.15) is 0 Å². The van der Waals surface area contributed by atoms with Crippen molar-refractivity contribution in [3.8, 4) is 5.69 Å². The minimum absolute atomic E-state index is 0.0275. The molecule has 0 N–H and O–H groups in total. The molecule has 5 nitrogen and oxygen atoms in total. The van der Waals surface area contributed by atoms with Crippen LogP contribution in [0.3, 0.4) is 0 Å². The summed E-state index contributed by atoms with van der Waals surface area (Å²) in [6.45, 7) is 4.08. The zero-order chi connectivity index (χ0) is 18.7. The summed E-state index contributed by atoms with van der Waals surface area (Å²) in [5.41, 5.74) is 4.65. The maximum absolute atomic E-state index is 12.3. The highest BCUT2D eigenvalue weighted by Crippen LogP contribution is 2.18. The van der Waals surface area contributed by atoms with Crippen LogP contribution in [-0.4, -0.2) is 15.3 Å². The van der Waals surface area contributed by atoms with Crippen LogP contribution in [0.5, 0.6) is 0 Å². The van der Waals surface area contributed by atoms with Gasteiger partial charge in [0.15, 0.2) is 5.78 Å². The number of carbonyl (C=O) groups is 1. The van der Waals surface area contributed by atoms with Gasteiger partial charge in [-0.05, 0) is 74.0 Å². The van der Waals surface area contributed by atoms with E-state index >= 15 is 0 Å². The Hall–Kier alpha value is -3.47. The number of carbonyl (C=O) groups excluding carboxylic acids is 1. The predicted molar refractivity (Wildman–Crippen MR) is 102 cm³/mol. The fourth-order valence-corrected chi connectivity index (χ4v) is 2.83. The van der Waals surface area contributed by atoms with Crippen LogP contribution in [-0.2, 0) is 0 Å². The molecule has 0 spiro atoms. The Morgan fingerprint density at radius 3 is 2.04 bits per heavy atom. The summed E-state index contributed by atoms with van der Waals surface area (Å²) >= 11 is 0. The van der Waals surface area contributed by atoms with E-state index in [9.17, 15) is 14.9 Å². The number of benzene rings is 2. The SMILES string of the molecule is Cc1ccc(C)n1-c1ccc(C(=O)C=Cc2ccc([N+](=O)[O-])cc2)cc1. The van der Waals surface area contributed by atoms with Crippen molar-refractivity contribution in [3.63, 3.8) is 0 Å². The van der Waals surface area contributed by atoms with Gasteiger partial charge in [0.2, 0.25) is 0 Å². The van der Waals surface area contributed by atoms with Crippen LogP contribution in [0.15, 0.2) is 66.7 Å². The van der Waals surface area contributed by atoms with Gasteiger partial charge < -0.3 is 4.57 Å². The van der Waals surface area contributed by atoms with E-state index in [0.717, 1.165) is 22.6 Å². The molecule has 0 saturated carbocycles. The molecule has 0 aliphatic heterocycles. The number of nitro groups is 1. The lowest BCUT2D eigenvalue weighted by Crippen LogP contribution is -2.00. The molecule has 0 amide bonds. The molecule has 0 atom stereocenters. The maximum atomic E-state index is 12.3. The second-order valence-electron chi connectivity index (χ2n) is 6.04. The van der Waals surface area contributed by atoms with E-state index < -0.39 is 4.92 Å². The molecule has 0 aliphatic carbocycles. The second-order valence-corrected chi connectivity index (χ2v) is 6.04. The average Bonchev–Trinajstić information content (AvgIpc) is 2.98. The fraction of sp³-hybridized carbons (Fsp3) is 0.0952. The van der Waals surface area contributed by atoms with Gasteiger partial charge in [0.1, 0.15) is 0 Å². The zero-order valence-electron chi connectivity index (χ0n) is 14.5. The molecule has 2 aromatic carbocycles.